The van der Waals surface area contributed by atoms with Gasteiger partial charge in [-0.25, -0.2) is 0 Å². The van der Waals surface area contributed by atoms with Gasteiger partial charge in [0.15, 0.2) is 8.32 Å². The van der Waals surface area contributed by atoms with Gasteiger partial charge in [0.25, 0.3) is 0 Å². The van der Waals surface area contributed by atoms with E-state index < -0.39 is 8.32 Å². The van der Waals surface area contributed by atoms with E-state index in [0.29, 0.717) is 0 Å². The first kappa shape index (κ1) is 20.1. The molecule has 0 saturated heterocycles. The van der Waals surface area contributed by atoms with Gasteiger partial charge >= 0.3 is 0 Å². The van der Waals surface area contributed by atoms with Gasteiger partial charge in [0.1, 0.15) is 6.29 Å². The fourth-order valence-electron chi connectivity index (χ4n) is 1.66. The molecule has 0 aromatic heterocycles. The molecule has 120 valence electrons. The fourth-order valence-corrected chi connectivity index (χ4v) is 2.94. The van der Waals surface area contributed by atoms with Gasteiger partial charge in [-0.1, -0.05) is 50.6 Å². The molecule has 21 heavy (non-hydrogen) atoms. The topological polar surface area (TPSA) is 26.3 Å². The molecule has 0 aliphatic rings. The number of hydrogen-bond donors (Lipinski definition) is 0. The zero-order valence-electron chi connectivity index (χ0n) is 14.8. The van der Waals surface area contributed by atoms with Crippen molar-refractivity contribution in [2.24, 2.45) is 0 Å². The zero-order chi connectivity index (χ0) is 16.5. The van der Waals surface area contributed by atoms with Crippen LogP contribution in [0.15, 0.2) is 36.0 Å². The Morgan fingerprint density at radius 1 is 1.24 bits per heavy atom. The highest BCUT2D eigenvalue weighted by molar-refractivity contribution is 6.74. The Bertz CT molecular complexity index is 398. The Kier molecular flexibility index (Phi) is 8.75. The number of carbonyl (C=O) groups is 1. The van der Waals surface area contributed by atoms with E-state index in [9.17, 15) is 4.79 Å². The quantitative estimate of drug-likeness (QED) is 0.258. The predicted molar refractivity (Wildman–Crippen MR) is 95.1 cm³/mol. The van der Waals surface area contributed by atoms with Gasteiger partial charge in [0.2, 0.25) is 0 Å². The van der Waals surface area contributed by atoms with Gasteiger partial charge in [-0.3, -0.25) is 4.79 Å². The SMILES string of the molecule is C/C=C/C/C(C)=C\[C@@H](C/C=C/C=O)O[Si](C)(C)C(C)(C)C. The molecule has 0 fully saturated rings. The maximum atomic E-state index is 10.5. The number of hydrogen-bond acceptors (Lipinski definition) is 2. The molecule has 0 heterocycles. The zero-order valence-corrected chi connectivity index (χ0v) is 15.8. The summed E-state index contributed by atoms with van der Waals surface area (Å²) in [5.41, 5.74) is 1.30. The van der Waals surface area contributed by atoms with Crippen molar-refractivity contribution in [1.82, 2.24) is 0 Å². The summed E-state index contributed by atoms with van der Waals surface area (Å²) in [6.07, 6.45) is 12.4. The van der Waals surface area contributed by atoms with Gasteiger partial charge in [-0.2, -0.15) is 0 Å². The van der Waals surface area contributed by atoms with Crippen LogP contribution < -0.4 is 0 Å². The molecular formula is C18H32O2Si. The average Bonchev–Trinajstić information content (AvgIpc) is 2.34. The first-order valence-electron chi connectivity index (χ1n) is 7.70. The maximum absolute atomic E-state index is 10.5. The van der Waals surface area contributed by atoms with Crippen molar-refractivity contribution in [3.8, 4) is 0 Å². The van der Waals surface area contributed by atoms with E-state index in [0.717, 1.165) is 19.1 Å². The van der Waals surface area contributed by atoms with Crippen molar-refractivity contribution in [2.75, 3.05) is 0 Å². The molecule has 0 aromatic carbocycles. The monoisotopic (exact) mass is 308 g/mol. The van der Waals surface area contributed by atoms with Gasteiger partial charge in [-0.05, 0) is 50.9 Å². The molecule has 0 aliphatic carbocycles. The number of rotatable bonds is 8. The van der Waals surface area contributed by atoms with E-state index in [1.807, 2.05) is 13.0 Å². The van der Waals surface area contributed by atoms with E-state index >= 15 is 0 Å². The van der Waals surface area contributed by atoms with E-state index in [4.69, 9.17) is 4.43 Å². The summed E-state index contributed by atoms with van der Waals surface area (Å²) in [6.45, 7) is 15.4. The van der Waals surface area contributed by atoms with Gasteiger partial charge in [-0.15, -0.1) is 0 Å². The summed E-state index contributed by atoms with van der Waals surface area (Å²) < 4.78 is 6.47. The first-order valence-corrected chi connectivity index (χ1v) is 10.6. The van der Waals surface area contributed by atoms with Crippen LogP contribution in [0.1, 0.15) is 47.5 Å². The fraction of sp³-hybridized carbons (Fsp3) is 0.611. The molecule has 0 rings (SSSR count). The van der Waals surface area contributed by atoms with Crippen LogP contribution in [0.25, 0.3) is 0 Å². The maximum Gasteiger partial charge on any atom is 0.192 e. The Morgan fingerprint density at radius 3 is 2.33 bits per heavy atom. The lowest BCUT2D eigenvalue weighted by Crippen LogP contribution is -2.43. The van der Waals surface area contributed by atoms with Gasteiger partial charge in [0.05, 0.1) is 6.10 Å². The number of carbonyl (C=O) groups excluding carboxylic acids is 1. The van der Waals surface area contributed by atoms with Crippen molar-refractivity contribution in [3.63, 3.8) is 0 Å². The van der Waals surface area contributed by atoms with Crippen LogP contribution in [0.3, 0.4) is 0 Å². The summed E-state index contributed by atoms with van der Waals surface area (Å²) >= 11 is 0. The Hall–Kier alpha value is -0.933. The standard InChI is InChI=1S/C18H32O2Si/c1-8-9-12-16(2)15-17(13-10-11-14-19)20-21(6,7)18(3,4)5/h8-11,14-15,17H,12-13H2,1-7H3/b9-8+,11-10+,16-15-/t17-/m1/s1. The van der Waals surface area contributed by atoms with Crippen LogP contribution in [0.5, 0.6) is 0 Å². The molecule has 0 unspecified atom stereocenters. The molecule has 0 radical (unpaired) electrons. The molecular weight excluding hydrogens is 276 g/mol. The van der Waals surface area contributed by atoms with Crippen LogP contribution in [-0.2, 0) is 9.22 Å². The van der Waals surface area contributed by atoms with Gasteiger partial charge in [0, 0.05) is 0 Å². The van der Waals surface area contributed by atoms with Gasteiger partial charge < -0.3 is 4.43 Å². The highest BCUT2D eigenvalue weighted by Gasteiger charge is 2.38. The third-order valence-corrected chi connectivity index (χ3v) is 8.49. The van der Waals surface area contributed by atoms with Crippen LogP contribution in [0.4, 0.5) is 0 Å². The lowest BCUT2D eigenvalue weighted by molar-refractivity contribution is -0.104. The first-order chi connectivity index (χ1) is 9.64. The molecule has 0 spiro atoms. The minimum Gasteiger partial charge on any atom is -0.410 e. The molecule has 0 aromatic rings. The second-order valence-electron chi connectivity index (χ2n) is 7.00. The number of allylic oxidation sites excluding steroid dienone is 4. The molecule has 3 heteroatoms. The van der Waals surface area contributed by atoms with Crippen LogP contribution in [0, 0.1) is 0 Å². The average molecular weight is 309 g/mol. The Balaban J connectivity index is 5.05. The van der Waals surface area contributed by atoms with E-state index in [-0.39, 0.29) is 11.1 Å². The van der Waals surface area contributed by atoms with Crippen LogP contribution in [0.2, 0.25) is 18.1 Å². The predicted octanol–water partition coefficient (Wildman–Crippen LogP) is 5.43. The highest BCUT2D eigenvalue weighted by Crippen LogP contribution is 2.37. The smallest absolute Gasteiger partial charge is 0.192 e. The van der Waals surface area contributed by atoms with Crippen molar-refractivity contribution in [1.29, 1.82) is 0 Å². The molecule has 0 aliphatic heterocycles. The highest BCUT2D eigenvalue weighted by atomic mass is 28.4. The lowest BCUT2D eigenvalue weighted by Gasteiger charge is -2.38. The number of aldehydes is 1. The van der Waals surface area contributed by atoms with Crippen molar-refractivity contribution in [2.45, 2.75) is 71.7 Å². The third-order valence-electron chi connectivity index (χ3n) is 3.98. The van der Waals surface area contributed by atoms with Crippen molar-refractivity contribution in [3.05, 3.63) is 36.0 Å². The summed E-state index contributed by atoms with van der Waals surface area (Å²) in [6, 6.07) is 0. The summed E-state index contributed by atoms with van der Waals surface area (Å²) in [7, 11) is -1.81. The van der Waals surface area contributed by atoms with E-state index in [1.54, 1.807) is 6.08 Å². The Morgan fingerprint density at radius 2 is 1.86 bits per heavy atom. The van der Waals surface area contributed by atoms with Crippen LogP contribution >= 0.6 is 0 Å². The third kappa shape index (κ3) is 8.17. The van der Waals surface area contributed by atoms with Crippen LogP contribution in [-0.4, -0.2) is 20.7 Å². The van der Waals surface area contributed by atoms with Crippen molar-refractivity contribution < 1.29 is 9.22 Å². The lowest BCUT2D eigenvalue weighted by atomic mass is 10.1. The second-order valence-corrected chi connectivity index (χ2v) is 11.8. The molecule has 0 saturated carbocycles. The van der Waals surface area contributed by atoms with E-state index in [2.05, 4.69) is 59.0 Å². The normalized spacial score (nSPS) is 15.9. The molecule has 1 atom stereocenters. The van der Waals surface area contributed by atoms with Crippen molar-refractivity contribution >= 4 is 14.6 Å². The van der Waals surface area contributed by atoms with E-state index in [1.165, 1.54) is 5.57 Å². The minimum atomic E-state index is -1.81. The summed E-state index contributed by atoms with van der Waals surface area (Å²) in [5, 5.41) is 0.185. The second kappa shape index (κ2) is 9.16. The summed E-state index contributed by atoms with van der Waals surface area (Å²) in [4.78, 5) is 10.5. The molecule has 0 N–H and O–H groups in total. The molecule has 0 bridgehead atoms. The largest absolute Gasteiger partial charge is 0.410 e. The molecule has 2 nitrogen and oxygen atoms in total. The summed E-state index contributed by atoms with van der Waals surface area (Å²) in [5.74, 6) is 0. The minimum absolute atomic E-state index is 0.0485. The Labute approximate surface area is 132 Å². The molecule has 0 amide bonds.